The molecule has 2 aromatic rings. The van der Waals surface area contributed by atoms with Crippen LogP contribution in [0.25, 0.3) is 0 Å². The minimum atomic E-state index is -0.384. The van der Waals surface area contributed by atoms with Crippen LogP contribution in [0.15, 0.2) is 35.3 Å². The first-order valence-electron chi connectivity index (χ1n) is 5.27. The first kappa shape index (κ1) is 13.6. The summed E-state index contributed by atoms with van der Waals surface area (Å²) >= 11 is 11.4. The third kappa shape index (κ3) is 3.33. The standard InChI is InChI=1S/C12H9Cl2N3O2/c1-17-6-8(2-3-11(17)18)15-12(19)7-4-9(13)16-10(14)5-7/h2-6H,1H3,(H,15,19). The minimum Gasteiger partial charge on any atom is -0.321 e. The average molecular weight is 298 g/mol. The van der Waals surface area contributed by atoms with E-state index in [2.05, 4.69) is 10.3 Å². The number of aryl methyl sites for hydroxylation is 1. The smallest absolute Gasteiger partial charge is 0.255 e. The van der Waals surface area contributed by atoms with E-state index in [1.54, 1.807) is 7.05 Å². The lowest BCUT2D eigenvalue weighted by molar-refractivity contribution is 0.102. The number of nitrogens with one attached hydrogen (secondary N) is 1. The number of amides is 1. The van der Waals surface area contributed by atoms with E-state index in [9.17, 15) is 9.59 Å². The number of anilines is 1. The molecule has 0 aliphatic heterocycles. The lowest BCUT2D eigenvalue weighted by atomic mass is 10.2. The highest BCUT2D eigenvalue weighted by Gasteiger charge is 2.09. The monoisotopic (exact) mass is 297 g/mol. The summed E-state index contributed by atoms with van der Waals surface area (Å²) in [7, 11) is 1.60. The van der Waals surface area contributed by atoms with Crippen LogP contribution in [0, 0.1) is 0 Å². The molecule has 0 fully saturated rings. The molecule has 2 rings (SSSR count). The van der Waals surface area contributed by atoms with Crippen LogP contribution in [0.2, 0.25) is 10.3 Å². The second-order valence-electron chi connectivity index (χ2n) is 3.82. The molecule has 1 amide bonds. The van der Waals surface area contributed by atoms with Crippen molar-refractivity contribution in [3.05, 3.63) is 56.7 Å². The van der Waals surface area contributed by atoms with Gasteiger partial charge in [-0.1, -0.05) is 23.2 Å². The molecule has 0 aliphatic carbocycles. The zero-order valence-electron chi connectivity index (χ0n) is 9.85. The third-order valence-electron chi connectivity index (χ3n) is 2.37. The van der Waals surface area contributed by atoms with Crippen LogP contribution < -0.4 is 10.9 Å². The number of aromatic nitrogens is 2. The number of hydrogen-bond acceptors (Lipinski definition) is 3. The lowest BCUT2D eigenvalue weighted by Gasteiger charge is -2.07. The minimum absolute atomic E-state index is 0.137. The molecule has 2 heterocycles. The molecule has 0 aliphatic rings. The number of nitrogens with zero attached hydrogens (tertiary/aromatic N) is 2. The SMILES string of the molecule is Cn1cc(NC(=O)c2cc(Cl)nc(Cl)c2)ccc1=O. The Morgan fingerprint density at radius 2 is 1.89 bits per heavy atom. The van der Waals surface area contributed by atoms with Crippen molar-refractivity contribution in [1.82, 2.24) is 9.55 Å². The van der Waals surface area contributed by atoms with Gasteiger partial charge < -0.3 is 9.88 Å². The van der Waals surface area contributed by atoms with Gasteiger partial charge in [0.15, 0.2) is 0 Å². The van der Waals surface area contributed by atoms with Gasteiger partial charge in [-0.15, -0.1) is 0 Å². The molecule has 0 unspecified atom stereocenters. The largest absolute Gasteiger partial charge is 0.321 e. The fraction of sp³-hybridized carbons (Fsp3) is 0.0833. The second-order valence-corrected chi connectivity index (χ2v) is 4.60. The predicted molar refractivity (Wildman–Crippen MR) is 73.9 cm³/mol. The van der Waals surface area contributed by atoms with Gasteiger partial charge in [-0.3, -0.25) is 9.59 Å². The highest BCUT2D eigenvalue weighted by atomic mass is 35.5. The average Bonchev–Trinajstić information content (AvgIpc) is 2.32. The van der Waals surface area contributed by atoms with Crippen molar-refractivity contribution in [3.63, 3.8) is 0 Å². The maximum Gasteiger partial charge on any atom is 0.255 e. The van der Waals surface area contributed by atoms with E-state index in [0.29, 0.717) is 11.3 Å². The molecule has 98 valence electrons. The van der Waals surface area contributed by atoms with Crippen LogP contribution in [-0.4, -0.2) is 15.5 Å². The molecule has 0 saturated carbocycles. The summed E-state index contributed by atoms with van der Waals surface area (Å²) in [6.07, 6.45) is 1.52. The van der Waals surface area contributed by atoms with E-state index in [-0.39, 0.29) is 21.8 Å². The summed E-state index contributed by atoms with van der Waals surface area (Å²) in [5.41, 5.74) is 0.628. The van der Waals surface area contributed by atoms with E-state index in [4.69, 9.17) is 23.2 Å². The maximum atomic E-state index is 12.0. The van der Waals surface area contributed by atoms with Crippen molar-refractivity contribution in [1.29, 1.82) is 0 Å². The molecule has 1 N–H and O–H groups in total. The molecule has 0 radical (unpaired) electrons. The molecule has 19 heavy (non-hydrogen) atoms. The molecular weight excluding hydrogens is 289 g/mol. The molecule has 0 spiro atoms. The van der Waals surface area contributed by atoms with Gasteiger partial charge >= 0.3 is 0 Å². The van der Waals surface area contributed by atoms with Crippen molar-refractivity contribution < 1.29 is 4.79 Å². The Bertz CT molecular complexity index is 677. The van der Waals surface area contributed by atoms with Gasteiger partial charge in [-0.05, 0) is 18.2 Å². The highest BCUT2D eigenvalue weighted by molar-refractivity contribution is 6.33. The van der Waals surface area contributed by atoms with Gasteiger partial charge in [0.05, 0.1) is 5.69 Å². The van der Waals surface area contributed by atoms with E-state index in [1.807, 2.05) is 0 Å². The normalized spacial score (nSPS) is 10.3. The molecule has 0 aromatic carbocycles. The Morgan fingerprint density at radius 3 is 2.47 bits per heavy atom. The van der Waals surface area contributed by atoms with E-state index in [1.165, 1.54) is 35.0 Å². The zero-order chi connectivity index (χ0) is 14.0. The predicted octanol–water partition coefficient (Wildman–Crippen LogP) is 2.34. The molecule has 0 saturated heterocycles. The van der Waals surface area contributed by atoms with Crippen molar-refractivity contribution in [2.24, 2.45) is 7.05 Å². The molecule has 0 bridgehead atoms. The summed E-state index contributed by atoms with van der Waals surface area (Å²) in [5.74, 6) is -0.384. The van der Waals surface area contributed by atoms with Gasteiger partial charge in [-0.2, -0.15) is 0 Å². The number of carbonyl (C=O) groups is 1. The first-order chi connectivity index (χ1) is 8.95. The number of halogens is 2. The molecular formula is C12H9Cl2N3O2. The second kappa shape index (κ2) is 5.42. The van der Waals surface area contributed by atoms with Crippen LogP contribution in [0.3, 0.4) is 0 Å². The zero-order valence-corrected chi connectivity index (χ0v) is 11.4. The van der Waals surface area contributed by atoms with Crippen LogP contribution in [0.1, 0.15) is 10.4 Å². The Morgan fingerprint density at radius 1 is 1.26 bits per heavy atom. The number of carbonyl (C=O) groups excluding carboxylic acids is 1. The Balaban J connectivity index is 2.25. The van der Waals surface area contributed by atoms with Gasteiger partial charge in [0.1, 0.15) is 10.3 Å². The van der Waals surface area contributed by atoms with Crippen molar-refractivity contribution in [2.45, 2.75) is 0 Å². The van der Waals surface area contributed by atoms with Crippen LogP contribution in [0.4, 0.5) is 5.69 Å². The Hall–Kier alpha value is -1.85. The fourth-order valence-corrected chi connectivity index (χ4v) is 1.93. The fourth-order valence-electron chi connectivity index (χ4n) is 1.47. The van der Waals surface area contributed by atoms with Crippen LogP contribution in [-0.2, 0) is 7.05 Å². The summed E-state index contributed by atoms with van der Waals surface area (Å²) in [4.78, 5) is 26.9. The van der Waals surface area contributed by atoms with Crippen molar-refractivity contribution in [3.8, 4) is 0 Å². The number of pyridine rings is 2. The Labute approximate surface area is 118 Å². The van der Waals surface area contributed by atoms with Gasteiger partial charge in [0, 0.05) is 24.9 Å². The number of hydrogen-bond donors (Lipinski definition) is 1. The Kier molecular flexibility index (Phi) is 3.87. The number of rotatable bonds is 2. The maximum absolute atomic E-state index is 12.0. The summed E-state index contributed by atoms with van der Waals surface area (Å²) in [6, 6.07) is 5.70. The summed E-state index contributed by atoms with van der Waals surface area (Å²) < 4.78 is 1.36. The van der Waals surface area contributed by atoms with Crippen LogP contribution >= 0.6 is 23.2 Å². The third-order valence-corrected chi connectivity index (χ3v) is 2.76. The van der Waals surface area contributed by atoms with Crippen LogP contribution in [0.5, 0.6) is 0 Å². The quantitative estimate of drug-likeness (QED) is 0.866. The molecule has 2 aromatic heterocycles. The van der Waals surface area contributed by atoms with Gasteiger partial charge in [0.25, 0.3) is 5.91 Å². The molecule has 5 nitrogen and oxygen atoms in total. The van der Waals surface area contributed by atoms with Gasteiger partial charge in [-0.25, -0.2) is 4.98 Å². The topological polar surface area (TPSA) is 64.0 Å². The lowest BCUT2D eigenvalue weighted by Crippen LogP contribution is -2.18. The molecule has 0 atom stereocenters. The van der Waals surface area contributed by atoms with Crippen molar-refractivity contribution >= 4 is 34.8 Å². The van der Waals surface area contributed by atoms with E-state index in [0.717, 1.165) is 0 Å². The highest BCUT2D eigenvalue weighted by Crippen LogP contribution is 2.16. The van der Waals surface area contributed by atoms with E-state index >= 15 is 0 Å². The first-order valence-corrected chi connectivity index (χ1v) is 6.02. The molecule has 7 heteroatoms. The van der Waals surface area contributed by atoms with Crippen molar-refractivity contribution in [2.75, 3.05) is 5.32 Å². The van der Waals surface area contributed by atoms with Gasteiger partial charge in [0.2, 0.25) is 5.56 Å². The summed E-state index contributed by atoms with van der Waals surface area (Å²) in [6.45, 7) is 0. The summed E-state index contributed by atoms with van der Waals surface area (Å²) in [5, 5.41) is 2.91. The van der Waals surface area contributed by atoms with E-state index < -0.39 is 0 Å².